The molecule has 0 radical (unpaired) electrons. The smallest absolute Gasteiger partial charge is 0.309 e. The number of aliphatic hydroxyl groups is 1. The molecule has 6 nitrogen and oxygen atoms in total. The third-order valence-electron chi connectivity index (χ3n) is 6.89. The summed E-state index contributed by atoms with van der Waals surface area (Å²) in [4.78, 5) is 38.0. The van der Waals surface area contributed by atoms with E-state index >= 15 is 0 Å². The average Bonchev–Trinajstić information content (AvgIpc) is 3.12. The van der Waals surface area contributed by atoms with E-state index in [2.05, 4.69) is 38.1 Å². The number of aryl methyl sites for hydroxylation is 1. The third kappa shape index (κ3) is 5.39. The van der Waals surface area contributed by atoms with Crippen molar-refractivity contribution in [1.82, 2.24) is 4.90 Å². The van der Waals surface area contributed by atoms with Crippen molar-refractivity contribution in [3.05, 3.63) is 95.1 Å². The van der Waals surface area contributed by atoms with Crippen LogP contribution in [0.1, 0.15) is 64.4 Å². The molecule has 2 atom stereocenters. The summed E-state index contributed by atoms with van der Waals surface area (Å²) in [6.45, 7) is 4.28. The molecule has 0 aromatic heterocycles. The van der Waals surface area contributed by atoms with Crippen LogP contribution in [-0.2, 0) is 11.2 Å². The Labute approximate surface area is 211 Å². The van der Waals surface area contributed by atoms with Crippen LogP contribution in [0.3, 0.4) is 0 Å². The minimum atomic E-state index is -1.14. The summed E-state index contributed by atoms with van der Waals surface area (Å²) in [5.74, 6) is -2.61. The number of aliphatic hydroxyl groups excluding tert-OH is 1. The Morgan fingerprint density at radius 2 is 1.47 bits per heavy atom. The summed E-state index contributed by atoms with van der Waals surface area (Å²) in [6.07, 6.45) is -0.321. The highest BCUT2D eigenvalue weighted by molar-refractivity contribution is 6.21. The molecule has 0 saturated heterocycles. The summed E-state index contributed by atoms with van der Waals surface area (Å²) in [6, 6.07) is 23.1. The van der Waals surface area contributed by atoms with E-state index in [-0.39, 0.29) is 19.4 Å². The van der Waals surface area contributed by atoms with E-state index in [1.54, 1.807) is 24.3 Å². The number of benzene rings is 3. The molecule has 0 aliphatic carbocycles. The van der Waals surface area contributed by atoms with Crippen molar-refractivity contribution in [2.75, 3.05) is 6.54 Å². The zero-order chi connectivity index (χ0) is 25.8. The van der Waals surface area contributed by atoms with Gasteiger partial charge in [-0.15, -0.1) is 0 Å². The fraction of sp³-hybridized carbons (Fsp3) is 0.300. The van der Waals surface area contributed by atoms with Gasteiger partial charge in [0, 0.05) is 6.54 Å². The van der Waals surface area contributed by atoms with Crippen molar-refractivity contribution in [3.63, 3.8) is 0 Å². The average molecular weight is 486 g/mol. The van der Waals surface area contributed by atoms with Crippen LogP contribution in [0.4, 0.5) is 0 Å². The lowest BCUT2D eigenvalue weighted by Gasteiger charge is -2.22. The third-order valence-corrected chi connectivity index (χ3v) is 6.89. The molecule has 0 saturated carbocycles. The Morgan fingerprint density at radius 1 is 0.833 bits per heavy atom. The van der Waals surface area contributed by atoms with Gasteiger partial charge in [-0.05, 0) is 59.6 Å². The quantitative estimate of drug-likeness (QED) is 0.387. The van der Waals surface area contributed by atoms with Crippen molar-refractivity contribution < 1.29 is 24.6 Å². The first kappa shape index (κ1) is 25.3. The zero-order valence-electron chi connectivity index (χ0n) is 20.6. The molecule has 0 bridgehead atoms. The molecule has 1 aliphatic rings. The van der Waals surface area contributed by atoms with Gasteiger partial charge in [0.2, 0.25) is 0 Å². The lowest BCUT2D eigenvalue weighted by Crippen LogP contribution is -2.36. The minimum absolute atomic E-state index is 0.00685. The summed E-state index contributed by atoms with van der Waals surface area (Å²) in [5, 5.41) is 20.4. The maximum atomic E-state index is 12.5. The van der Waals surface area contributed by atoms with Crippen LogP contribution >= 0.6 is 0 Å². The topological polar surface area (TPSA) is 94.9 Å². The highest BCUT2D eigenvalue weighted by atomic mass is 16.4. The number of aliphatic carboxylic acids is 1. The largest absolute Gasteiger partial charge is 0.481 e. The predicted octanol–water partition coefficient (Wildman–Crippen LogP) is 5.16. The second-order valence-electron chi connectivity index (χ2n) is 9.62. The first-order valence-corrected chi connectivity index (χ1v) is 12.3. The van der Waals surface area contributed by atoms with Crippen LogP contribution in [0.5, 0.6) is 0 Å². The van der Waals surface area contributed by atoms with Crippen LogP contribution in [0.15, 0.2) is 72.8 Å². The van der Waals surface area contributed by atoms with E-state index in [4.69, 9.17) is 0 Å². The number of amides is 2. The first-order chi connectivity index (χ1) is 17.3. The van der Waals surface area contributed by atoms with Gasteiger partial charge in [-0.3, -0.25) is 19.3 Å². The number of hydrogen-bond acceptors (Lipinski definition) is 4. The van der Waals surface area contributed by atoms with Crippen LogP contribution in [0, 0.1) is 5.92 Å². The Balaban J connectivity index is 1.35. The fourth-order valence-electron chi connectivity index (χ4n) is 4.65. The molecule has 1 aliphatic heterocycles. The standard InChI is InChI=1S/C30H31NO5/c1-19(2)22-6-5-7-23(18-22)21-13-10-20(11-14-21)12-15-27(32)26(30(35)36)16-17-31-28(33)24-8-3-4-9-25(24)29(31)34/h3-11,13-14,18-19,26-27,32H,12,15-17H2,1-2H3,(H,35,36). The molecule has 2 N–H and O–H groups in total. The summed E-state index contributed by atoms with van der Waals surface area (Å²) >= 11 is 0. The Kier molecular flexibility index (Phi) is 7.65. The van der Waals surface area contributed by atoms with Crippen molar-refractivity contribution in [3.8, 4) is 11.1 Å². The van der Waals surface area contributed by atoms with Gasteiger partial charge in [-0.1, -0.05) is 74.5 Å². The Hall–Kier alpha value is -3.77. The molecule has 186 valence electrons. The summed E-state index contributed by atoms with van der Waals surface area (Å²) in [5.41, 5.74) is 5.18. The molecule has 0 fully saturated rings. The number of fused-ring (bicyclic) bond motifs is 1. The van der Waals surface area contributed by atoms with Crippen LogP contribution in [0.25, 0.3) is 11.1 Å². The maximum absolute atomic E-state index is 12.5. The van der Waals surface area contributed by atoms with Crippen molar-refractivity contribution in [1.29, 1.82) is 0 Å². The van der Waals surface area contributed by atoms with Gasteiger partial charge in [0.25, 0.3) is 11.8 Å². The number of carboxylic acid groups (broad SMARTS) is 1. The number of imide groups is 1. The number of carbonyl (C=O) groups is 3. The highest BCUT2D eigenvalue weighted by Crippen LogP contribution is 2.26. The van der Waals surface area contributed by atoms with Crippen molar-refractivity contribution in [2.45, 2.75) is 45.1 Å². The molecular formula is C30H31NO5. The molecule has 2 unspecified atom stereocenters. The fourth-order valence-corrected chi connectivity index (χ4v) is 4.65. The van der Waals surface area contributed by atoms with Gasteiger partial charge in [-0.25, -0.2) is 0 Å². The number of carbonyl (C=O) groups excluding carboxylic acids is 2. The van der Waals surface area contributed by atoms with Gasteiger partial charge < -0.3 is 10.2 Å². The minimum Gasteiger partial charge on any atom is -0.481 e. The Bertz CT molecular complexity index is 1230. The van der Waals surface area contributed by atoms with Crippen LogP contribution in [0.2, 0.25) is 0 Å². The molecule has 3 aromatic rings. The van der Waals surface area contributed by atoms with E-state index in [9.17, 15) is 24.6 Å². The molecule has 4 rings (SSSR count). The summed E-state index contributed by atoms with van der Waals surface area (Å²) < 4.78 is 0. The molecular weight excluding hydrogens is 454 g/mol. The van der Waals surface area contributed by atoms with Crippen molar-refractivity contribution >= 4 is 17.8 Å². The van der Waals surface area contributed by atoms with E-state index in [0.29, 0.717) is 23.5 Å². The predicted molar refractivity (Wildman–Crippen MR) is 138 cm³/mol. The van der Waals surface area contributed by atoms with E-state index in [1.807, 2.05) is 24.3 Å². The second-order valence-corrected chi connectivity index (χ2v) is 9.62. The molecule has 2 amide bonds. The van der Waals surface area contributed by atoms with Crippen molar-refractivity contribution in [2.24, 2.45) is 5.92 Å². The van der Waals surface area contributed by atoms with Crippen LogP contribution in [-0.4, -0.2) is 45.5 Å². The normalized spacial score (nSPS) is 14.7. The molecule has 1 heterocycles. The lowest BCUT2D eigenvalue weighted by atomic mass is 9.92. The molecule has 6 heteroatoms. The first-order valence-electron chi connectivity index (χ1n) is 12.3. The van der Waals surface area contributed by atoms with Gasteiger partial charge in [0.1, 0.15) is 0 Å². The molecule has 0 spiro atoms. The summed E-state index contributed by atoms with van der Waals surface area (Å²) in [7, 11) is 0. The van der Waals surface area contributed by atoms with Gasteiger partial charge in [0.15, 0.2) is 0 Å². The number of hydrogen-bond donors (Lipinski definition) is 2. The van der Waals surface area contributed by atoms with E-state index in [1.165, 1.54) is 5.56 Å². The number of rotatable bonds is 10. The highest BCUT2D eigenvalue weighted by Gasteiger charge is 2.36. The van der Waals surface area contributed by atoms with Gasteiger partial charge in [0.05, 0.1) is 23.1 Å². The van der Waals surface area contributed by atoms with Gasteiger partial charge in [-0.2, -0.15) is 0 Å². The Morgan fingerprint density at radius 3 is 2.06 bits per heavy atom. The van der Waals surface area contributed by atoms with Gasteiger partial charge >= 0.3 is 5.97 Å². The monoisotopic (exact) mass is 485 g/mol. The SMILES string of the molecule is CC(C)c1cccc(-c2ccc(CCC(O)C(CCN3C(=O)c4ccccc4C3=O)C(=O)O)cc2)c1. The maximum Gasteiger partial charge on any atom is 0.309 e. The van der Waals surface area contributed by atoms with E-state index < -0.39 is 29.8 Å². The molecule has 3 aromatic carbocycles. The zero-order valence-corrected chi connectivity index (χ0v) is 20.6. The molecule has 36 heavy (non-hydrogen) atoms. The number of nitrogens with zero attached hydrogens (tertiary/aromatic N) is 1. The van der Waals surface area contributed by atoms with E-state index in [0.717, 1.165) is 21.6 Å². The second kappa shape index (κ2) is 10.9. The lowest BCUT2D eigenvalue weighted by molar-refractivity contribution is -0.146. The van der Waals surface area contributed by atoms with Crippen LogP contribution < -0.4 is 0 Å². The number of carboxylic acids is 1.